The van der Waals surface area contributed by atoms with Gasteiger partial charge in [-0.05, 0) is 13.8 Å². The monoisotopic (exact) mass is 282 g/mol. The topological polar surface area (TPSA) is 73.9 Å². The molecule has 18 heavy (non-hydrogen) atoms. The van der Waals surface area contributed by atoms with Crippen molar-refractivity contribution in [1.29, 1.82) is 0 Å². The molecular formula is C11H14N4OS2. The Kier molecular flexibility index (Phi) is 4.03. The van der Waals surface area contributed by atoms with Crippen LogP contribution in [0, 0.1) is 13.8 Å². The van der Waals surface area contributed by atoms with E-state index in [9.17, 15) is 0 Å². The van der Waals surface area contributed by atoms with Crippen LogP contribution in [0.3, 0.4) is 0 Å². The zero-order valence-corrected chi connectivity index (χ0v) is 12.1. The molecule has 2 aromatic rings. The molecule has 0 bridgehead atoms. The van der Waals surface area contributed by atoms with Gasteiger partial charge < -0.3 is 10.5 Å². The van der Waals surface area contributed by atoms with Gasteiger partial charge in [0.15, 0.2) is 4.34 Å². The van der Waals surface area contributed by atoms with Crippen LogP contribution in [0.4, 0.5) is 5.13 Å². The molecule has 2 N–H and O–H groups in total. The Morgan fingerprint density at radius 1 is 1.39 bits per heavy atom. The third kappa shape index (κ3) is 2.73. The molecule has 96 valence electrons. The molecule has 0 saturated carbocycles. The van der Waals surface area contributed by atoms with E-state index in [1.807, 2.05) is 20.0 Å². The van der Waals surface area contributed by atoms with Crippen molar-refractivity contribution >= 4 is 28.2 Å². The summed E-state index contributed by atoms with van der Waals surface area (Å²) in [4.78, 5) is 4.43. The number of hydrogen-bond donors (Lipinski definition) is 1. The summed E-state index contributed by atoms with van der Waals surface area (Å²) in [6, 6.07) is 0. The maximum Gasteiger partial charge on any atom is 0.203 e. The second kappa shape index (κ2) is 5.53. The van der Waals surface area contributed by atoms with Crippen molar-refractivity contribution in [2.75, 3.05) is 12.8 Å². The van der Waals surface area contributed by atoms with E-state index in [1.165, 1.54) is 11.3 Å². The Bertz CT molecular complexity index is 556. The maximum absolute atomic E-state index is 5.54. The predicted octanol–water partition coefficient (Wildman–Crippen LogP) is 2.43. The van der Waals surface area contributed by atoms with Gasteiger partial charge in [-0.3, -0.25) is 4.98 Å². The maximum atomic E-state index is 5.54. The van der Waals surface area contributed by atoms with Gasteiger partial charge in [-0.1, -0.05) is 23.1 Å². The van der Waals surface area contributed by atoms with E-state index in [-0.39, 0.29) is 0 Å². The lowest BCUT2D eigenvalue weighted by Gasteiger charge is -2.11. The molecule has 7 heteroatoms. The van der Waals surface area contributed by atoms with Crippen LogP contribution >= 0.6 is 23.1 Å². The largest absolute Gasteiger partial charge is 0.496 e. The lowest BCUT2D eigenvalue weighted by atomic mass is 10.1. The van der Waals surface area contributed by atoms with Gasteiger partial charge in [0.2, 0.25) is 5.13 Å². The first-order valence-electron chi connectivity index (χ1n) is 5.32. The van der Waals surface area contributed by atoms with Crippen molar-refractivity contribution in [3.8, 4) is 5.75 Å². The molecule has 2 heterocycles. The molecular weight excluding hydrogens is 268 g/mol. The van der Waals surface area contributed by atoms with Crippen molar-refractivity contribution < 1.29 is 4.74 Å². The highest BCUT2D eigenvalue weighted by Gasteiger charge is 2.11. The Balaban J connectivity index is 2.14. The van der Waals surface area contributed by atoms with Crippen LogP contribution in [0.25, 0.3) is 0 Å². The van der Waals surface area contributed by atoms with Crippen molar-refractivity contribution in [1.82, 2.24) is 15.2 Å². The molecule has 2 rings (SSSR count). The minimum atomic E-state index is 0.490. The summed E-state index contributed by atoms with van der Waals surface area (Å²) in [5.41, 5.74) is 8.65. The standard InChI is InChI=1S/C11H14N4OS2/c1-6-4-13-8(7(2)9(6)16-3)5-17-11-15-14-10(12)18-11/h4H,5H2,1-3H3,(H2,12,14). The van der Waals surface area contributed by atoms with Gasteiger partial charge in [-0.25, -0.2) is 0 Å². The van der Waals surface area contributed by atoms with E-state index in [1.54, 1.807) is 18.9 Å². The second-order valence-corrected chi connectivity index (χ2v) is 5.97. The van der Waals surface area contributed by atoms with Gasteiger partial charge in [0.05, 0.1) is 12.8 Å². The number of ether oxygens (including phenoxy) is 1. The van der Waals surface area contributed by atoms with Crippen molar-refractivity contribution in [2.45, 2.75) is 23.9 Å². The third-order valence-electron chi connectivity index (χ3n) is 2.50. The number of hydrogen-bond acceptors (Lipinski definition) is 7. The number of nitrogens with zero attached hydrogens (tertiary/aromatic N) is 3. The van der Waals surface area contributed by atoms with Crippen LogP contribution in [0.1, 0.15) is 16.8 Å². The third-order valence-corrected chi connectivity index (χ3v) is 4.40. The molecule has 0 aliphatic rings. The lowest BCUT2D eigenvalue weighted by molar-refractivity contribution is 0.407. The summed E-state index contributed by atoms with van der Waals surface area (Å²) in [5, 5.41) is 8.24. The van der Waals surface area contributed by atoms with Gasteiger partial charge in [-0.15, -0.1) is 10.2 Å². The van der Waals surface area contributed by atoms with Crippen LogP contribution in [-0.4, -0.2) is 22.3 Å². The average molecular weight is 282 g/mol. The summed E-state index contributed by atoms with van der Waals surface area (Å²) in [6.45, 7) is 4.00. The van der Waals surface area contributed by atoms with Crippen LogP contribution < -0.4 is 10.5 Å². The van der Waals surface area contributed by atoms with Crippen LogP contribution in [-0.2, 0) is 5.75 Å². The number of rotatable bonds is 4. The Hall–Kier alpha value is -1.34. The first kappa shape index (κ1) is 13.1. The molecule has 0 fully saturated rings. The van der Waals surface area contributed by atoms with E-state index >= 15 is 0 Å². The number of nitrogen functional groups attached to an aromatic ring is 1. The molecule has 0 radical (unpaired) electrons. The summed E-state index contributed by atoms with van der Waals surface area (Å²) in [6.07, 6.45) is 1.83. The van der Waals surface area contributed by atoms with E-state index in [2.05, 4.69) is 15.2 Å². The number of pyridine rings is 1. The quantitative estimate of drug-likeness (QED) is 0.868. The lowest BCUT2D eigenvalue weighted by Crippen LogP contribution is -1.98. The van der Waals surface area contributed by atoms with E-state index in [0.717, 1.165) is 32.7 Å². The number of aryl methyl sites for hydroxylation is 1. The smallest absolute Gasteiger partial charge is 0.203 e. The van der Waals surface area contributed by atoms with E-state index in [0.29, 0.717) is 5.13 Å². The van der Waals surface area contributed by atoms with Gasteiger partial charge in [0.25, 0.3) is 0 Å². The minimum Gasteiger partial charge on any atom is -0.496 e. The minimum absolute atomic E-state index is 0.490. The predicted molar refractivity (Wildman–Crippen MR) is 74.1 cm³/mol. The van der Waals surface area contributed by atoms with Crippen LogP contribution in [0.15, 0.2) is 10.5 Å². The Morgan fingerprint density at radius 2 is 2.17 bits per heavy atom. The highest BCUT2D eigenvalue weighted by atomic mass is 32.2. The average Bonchev–Trinajstić information content (AvgIpc) is 2.75. The number of methoxy groups -OCH3 is 1. The highest BCUT2D eigenvalue weighted by Crippen LogP contribution is 2.30. The molecule has 0 saturated heterocycles. The number of thioether (sulfide) groups is 1. The van der Waals surface area contributed by atoms with E-state index < -0.39 is 0 Å². The molecule has 0 unspecified atom stereocenters. The van der Waals surface area contributed by atoms with Gasteiger partial charge in [0, 0.05) is 23.1 Å². The molecule has 0 aromatic carbocycles. The van der Waals surface area contributed by atoms with Crippen LogP contribution in [0.5, 0.6) is 5.75 Å². The molecule has 2 aromatic heterocycles. The number of aromatic nitrogens is 3. The first-order chi connectivity index (χ1) is 8.61. The molecule has 0 atom stereocenters. The second-order valence-electron chi connectivity index (χ2n) is 3.74. The molecule has 0 amide bonds. The molecule has 0 aliphatic carbocycles. The Labute approximate surface area is 114 Å². The fourth-order valence-corrected chi connectivity index (χ4v) is 3.29. The van der Waals surface area contributed by atoms with Gasteiger partial charge in [0.1, 0.15) is 5.75 Å². The summed E-state index contributed by atoms with van der Waals surface area (Å²) >= 11 is 2.97. The Morgan fingerprint density at radius 3 is 2.78 bits per heavy atom. The van der Waals surface area contributed by atoms with Crippen molar-refractivity contribution in [3.05, 3.63) is 23.0 Å². The van der Waals surface area contributed by atoms with Gasteiger partial charge in [-0.2, -0.15) is 0 Å². The van der Waals surface area contributed by atoms with Crippen LogP contribution in [0.2, 0.25) is 0 Å². The number of anilines is 1. The van der Waals surface area contributed by atoms with Crippen molar-refractivity contribution in [2.24, 2.45) is 0 Å². The van der Waals surface area contributed by atoms with E-state index in [4.69, 9.17) is 10.5 Å². The SMILES string of the molecule is COc1c(C)cnc(CSc2nnc(N)s2)c1C. The zero-order valence-electron chi connectivity index (χ0n) is 10.4. The molecule has 0 aliphatic heterocycles. The molecule has 0 spiro atoms. The first-order valence-corrected chi connectivity index (χ1v) is 7.13. The fourth-order valence-electron chi connectivity index (χ4n) is 1.63. The normalized spacial score (nSPS) is 10.6. The summed E-state index contributed by atoms with van der Waals surface area (Å²) in [5.74, 6) is 1.63. The summed E-state index contributed by atoms with van der Waals surface area (Å²) in [7, 11) is 1.68. The van der Waals surface area contributed by atoms with Gasteiger partial charge >= 0.3 is 0 Å². The van der Waals surface area contributed by atoms with Crippen molar-refractivity contribution in [3.63, 3.8) is 0 Å². The zero-order chi connectivity index (χ0) is 13.1. The highest BCUT2D eigenvalue weighted by molar-refractivity contribution is 8.00. The molecule has 5 nitrogen and oxygen atoms in total. The summed E-state index contributed by atoms with van der Waals surface area (Å²) < 4.78 is 6.23. The number of nitrogens with two attached hydrogens (primary N) is 1. The fraction of sp³-hybridized carbons (Fsp3) is 0.364.